The molecule has 27 heavy (non-hydrogen) atoms. The molecule has 1 aliphatic rings. The van der Waals surface area contributed by atoms with E-state index < -0.39 is 5.97 Å². The first-order chi connectivity index (χ1) is 12.8. The number of aromatic hydroxyl groups is 1. The van der Waals surface area contributed by atoms with E-state index in [-0.39, 0.29) is 35.5 Å². The minimum Gasteiger partial charge on any atom is -0.504 e. The van der Waals surface area contributed by atoms with Crippen LogP contribution in [-0.2, 0) is 11.2 Å². The normalized spacial score (nSPS) is 15.2. The fourth-order valence-corrected chi connectivity index (χ4v) is 3.49. The summed E-state index contributed by atoms with van der Waals surface area (Å²) in [5.41, 5.74) is 2.13. The van der Waals surface area contributed by atoms with Crippen molar-refractivity contribution in [2.24, 2.45) is 0 Å². The number of fused-ring (bicyclic) bond motifs is 3. The highest BCUT2D eigenvalue weighted by Gasteiger charge is 2.27. The lowest BCUT2D eigenvalue weighted by molar-refractivity contribution is 0.0523. The molecule has 1 aromatic heterocycles. The van der Waals surface area contributed by atoms with Gasteiger partial charge in [0.05, 0.1) is 18.4 Å². The van der Waals surface area contributed by atoms with Crippen LogP contribution in [-0.4, -0.2) is 28.4 Å². The predicted octanol–water partition coefficient (Wildman–Crippen LogP) is 3.69. The van der Waals surface area contributed by atoms with Crippen molar-refractivity contribution in [2.45, 2.75) is 52.7 Å². The maximum Gasteiger partial charge on any atom is 0.343 e. The van der Waals surface area contributed by atoms with Crippen LogP contribution in [0.15, 0.2) is 29.2 Å². The van der Waals surface area contributed by atoms with E-state index in [1.807, 2.05) is 24.5 Å². The summed E-state index contributed by atoms with van der Waals surface area (Å²) >= 11 is 0. The number of pyridine rings is 1. The fraction of sp³-hybridized carbons (Fsp3) is 0.429. The molecule has 0 saturated heterocycles. The van der Waals surface area contributed by atoms with Crippen LogP contribution in [0.25, 0.3) is 11.3 Å². The largest absolute Gasteiger partial charge is 0.504 e. The zero-order valence-electron chi connectivity index (χ0n) is 16.1. The van der Waals surface area contributed by atoms with Crippen molar-refractivity contribution < 1.29 is 19.4 Å². The summed E-state index contributed by atoms with van der Waals surface area (Å²) in [7, 11) is 0. The smallest absolute Gasteiger partial charge is 0.343 e. The quantitative estimate of drug-likeness (QED) is 0.811. The number of phenols is 1. The highest BCUT2D eigenvalue weighted by atomic mass is 16.5. The molecule has 1 aromatic carbocycles. The summed E-state index contributed by atoms with van der Waals surface area (Å²) in [6.07, 6.45) is 3.08. The molecular formula is C21H25NO5. The first-order valence-corrected chi connectivity index (χ1v) is 9.31. The second-order valence-corrected chi connectivity index (χ2v) is 6.97. The molecule has 2 heterocycles. The monoisotopic (exact) mass is 371 g/mol. The van der Waals surface area contributed by atoms with E-state index in [4.69, 9.17) is 9.47 Å². The van der Waals surface area contributed by atoms with E-state index in [0.29, 0.717) is 11.4 Å². The number of carbonyl (C=O) groups is 1. The fourth-order valence-electron chi connectivity index (χ4n) is 3.49. The van der Waals surface area contributed by atoms with Crippen LogP contribution in [0.5, 0.6) is 11.5 Å². The number of phenolic OH excluding ortho intramolecular Hbond substituents is 1. The molecule has 0 radical (unpaired) electrons. The second kappa shape index (κ2) is 7.47. The average molecular weight is 371 g/mol. The molecule has 144 valence electrons. The summed E-state index contributed by atoms with van der Waals surface area (Å²) in [4.78, 5) is 24.6. The number of hydrogen-bond acceptors (Lipinski definition) is 5. The van der Waals surface area contributed by atoms with Gasteiger partial charge < -0.3 is 19.1 Å². The number of carbonyl (C=O) groups excluding carboxylic acids is 1. The summed E-state index contributed by atoms with van der Waals surface area (Å²) in [5, 5.41) is 10.4. The zero-order valence-corrected chi connectivity index (χ0v) is 16.1. The molecule has 0 bridgehead atoms. The van der Waals surface area contributed by atoms with Gasteiger partial charge in [0, 0.05) is 23.9 Å². The Labute approximate surface area is 158 Å². The number of esters is 1. The van der Waals surface area contributed by atoms with Gasteiger partial charge in [-0.3, -0.25) is 4.79 Å². The molecule has 1 aliphatic heterocycles. The molecule has 0 fully saturated rings. The van der Waals surface area contributed by atoms with Crippen molar-refractivity contribution >= 4 is 5.97 Å². The summed E-state index contributed by atoms with van der Waals surface area (Å²) in [5.74, 6) is -0.134. The minimum absolute atomic E-state index is 0.0332. The van der Waals surface area contributed by atoms with Gasteiger partial charge in [-0.25, -0.2) is 4.79 Å². The Kier molecular flexibility index (Phi) is 5.26. The van der Waals surface area contributed by atoms with Crippen molar-refractivity contribution in [3.63, 3.8) is 0 Å². The molecule has 1 unspecified atom stereocenters. The highest BCUT2D eigenvalue weighted by molar-refractivity contribution is 5.89. The van der Waals surface area contributed by atoms with Crippen LogP contribution in [0, 0.1) is 0 Å². The van der Waals surface area contributed by atoms with Crippen LogP contribution < -0.4 is 10.2 Å². The lowest BCUT2D eigenvalue weighted by atomic mass is 9.90. The van der Waals surface area contributed by atoms with Crippen molar-refractivity contribution in [1.82, 2.24) is 4.57 Å². The van der Waals surface area contributed by atoms with Gasteiger partial charge in [0.15, 0.2) is 16.9 Å². The SMILES string of the molecule is CCOC(=O)c1cn2c(cc1=O)-c1cc(O)c(OC(C)C)cc1CC2CC. The third kappa shape index (κ3) is 3.56. The summed E-state index contributed by atoms with van der Waals surface area (Å²) in [6, 6.07) is 5.03. The van der Waals surface area contributed by atoms with Gasteiger partial charge in [-0.1, -0.05) is 6.92 Å². The van der Waals surface area contributed by atoms with E-state index in [1.54, 1.807) is 19.2 Å². The molecule has 0 spiro atoms. The first-order valence-electron chi connectivity index (χ1n) is 9.31. The predicted molar refractivity (Wildman–Crippen MR) is 103 cm³/mol. The standard InChI is InChI=1S/C21H25NO5/c1-5-14-7-13-8-20(27-12(3)4)19(24)9-15(13)17-10-18(23)16(11-22(14)17)21(25)26-6-2/h8-12,14,24H,5-7H2,1-4H3. The van der Waals surface area contributed by atoms with Gasteiger partial charge in [-0.05, 0) is 51.3 Å². The van der Waals surface area contributed by atoms with Gasteiger partial charge in [0.1, 0.15) is 5.56 Å². The van der Waals surface area contributed by atoms with Crippen LogP contribution >= 0.6 is 0 Å². The molecule has 6 nitrogen and oxygen atoms in total. The highest BCUT2D eigenvalue weighted by Crippen LogP contribution is 2.41. The van der Waals surface area contributed by atoms with Gasteiger partial charge in [-0.2, -0.15) is 0 Å². The minimum atomic E-state index is -0.609. The van der Waals surface area contributed by atoms with Gasteiger partial charge in [-0.15, -0.1) is 0 Å². The Bertz CT molecular complexity index is 929. The molecule has 1 atom stereocenters. The Balaban J connectivity index is 2.16. The lowest BCUT2D eigenvalue weighted by Crippen LogP contribution is -2.26. The topological polar surface area (TPSA) is 77.8 Å². The zero-order chi connectivity index (χ0) is 19.7. The average Bonchev–Trinajstić information content (AvgIpc) is 2.61. The Morgan fingerprint density at radius 1 is 1.30 bits per heavy atom. The number of ether oxygens (including phenoxy) is 2. The molecule has 2 aromatic rings. The lowest BCUT2D eigenvalue weighted by Gasteiger charge is -2.31. The van der Waals surface area contributed by atoms with Crippen molar-refractivity contribution in [2.75, 3.05) is 6.61 Å². The first kappa shape index (κ1) is 19.0. The maximum atomic E-state index is 12.5. The molecular weight excluding hydrogens is 346 g/mol. The molecule has 0 amide bonds. The molecule has 3 rings (SSSR count). The molecule has 6 heteroatoms. The van der Waals surface area contributed by atoms with Crippen LogP contribution in [0.1, 0.15) is 56.1 Å². The maximum absolute atomic E-state index is 12.5. The molecule has 1 N–H and O–H groups in total. The van der Waals surface area contributed by atoms with Gasteiger partial charge in [0.25, 0.3) is 0 Å². The van der Waals surface area contributed by atoms with Gasteiger partial charge in [0.2, 0.25) is 0 Å². The van der Waals surface area contributed by atoms with Crippen molar-refractivity contribution in [1.29, 1.82) is 0 Å². The third-order valence-electron chi connectivity index (χ3n) is 4.72. The van der Waals surface area contributed by atoms with Crippen molar-refractivity contribution in [3.05, 3.63) is 45.7 Å². The van der Waals surface area contributed by atoms with Crippen LogP contribution in [0.4, 0.5) is 0 Å². The second-order valence-electron chi connectivity index (χ2n) is 6.97. The van der Waals surface area contributed by atoms with Crippen LogP contribution in [0.2, 0.25) is 0 Å². The molecule has 0 aliphatic carbocycles. The molecule has 0 saturated carbocycles. The van der Waals surface area contributed by atoms with Crippen LogP contribution in [0.3, 0.4) is 0 Å². The number of nitrogens with zero attached hydrogens (tertiary/aromatic N) is 1. The number of rotatable bonds is 5. The van der Waals surface area contributed by atoms with E-state index in [9.17, 15) is 14.7 Å². The Morgan fingerprint density at radius 3 is 2.67 bits per heavy atom. The third-order valence-corrected chi connectivity index (χ3v) is 4.72. The van der Waals surface area contributed by atoms with E-state index in [2.05, 4.69) is 6.92 Å². The Hall–Kier alpha value is -2.76. The summed E-state index contributed by atoms with van der Waals surface area (Å²) < 4.78 is 12.6. The number of aromatic nitrogens is 1. The van der Waals surface area contributed by atoms with E-state index >= 15 is 0 Å². The van der Waals surface area contributed by atoms with Gasteiger partial charge >= 0.3 is 5.97 Å². The number of hydrogen-bond donors (Lipinski definition) is 1. The van der Waals surface area contributed by atoms with E-state index in [0.717, 1.165) is 24.0 Å². The number of benzene rings is 1. The Morgan fingerprint density at radius 2 is 2.04 bits per heavy atom. The van der Waals surface area contributed by atoms with Crippen molar-refractivity contribution in [3.8, 4) is 22.8 Å². The summed E-state index contributed by atoms with van der Waals surface area (Å²) in [6.45, 7) is 7.79. The van der Waals surface area contributed by atoms with E-state index in [1.165, 1.54) is 6.07 Å².